The number of halogens is 1. The number of nitrogens with one attached hydrogen (secondary N) is 1. The van der Waals surface area contributed by atoms with Crippen molar-refractivity contribution in [2.75, 3.05) is 5.43 Å². The van der Waals surface area contributed by atoms with Gasteiger partial charge in [0.1, 0.15) is 11.6 Å². The van der Waals surface area contributed by atoms with Gasteiger partial charge in [0, 0.05) is 24.8 Å². The van der Waals surface area contributed by atoms with Crippen LogP contribution >= 0.6 is 12.4 Å². The van der Waals surface area contributed by atoms with E-state index in [0.717, 1.165) is 23.5 Å². The molecule has 1 aliphatic rings. The second kappa shape index (κ2) is 5.25. The molecular formula is C13H14ClN3O. The molecule has 2 heterocycles. The Balaban J connectivity index is 0.00000120. The Morgan fingerprint density at radius 1 is 1.11 bits per heavy atom. The molecule has 0 saturated heterocycles. The number of phenolic OH excluding ortho intramolecular Hbond substituents is 1. The minimum atomic E-state index is 0. The summed E-state index contributed by atoms with van der Waals surface area (Å²) in [5.41, 5.74) is 5.38. The third kappa shape index (κ3) is 2.39. The molecule has 0 saturated carbocycles. The van der Waals surface area contributed by atoms with Crippen LogP contribution in [0.5, 0.6) is 5.75 Å². The van der Waals surface area contributed by atoms with Crippen LogP contribution < -0.4 is 5.43 Å². The Kier molecular flexibility index (Phi) is 3.69. The zero-order valence-electron chi connectivity index (χ0n) is 9.71. The van der Waals surface area contributed by atoms with Crippen molar-refractivity contribution in [3.63, 3.8) is 0 Å². The number of pyridine rings is 1. The Morgan fingerprint density at radius 2 is 2.00 bits per heavy atom. The number of aromatic nitrogens is 1. The monoisotopic (exact) mass is 263 g/mol. The number of benzene rings is 1. The van der Waals surface area contributed by atoms with Crippen LogP contribution in [0.1, 0.15) is 11.1 Å². The first-order valence-electron chi connectivity index (χ1n) is 5.55. The summed E-state index contributed by atoms with van der Waals surface area (Å²) in [5, 5.41) is 11.8. The van der Waals surface area contributed by atoms with Gasteiger partial charge < -0.3 is 10.5 Å². The number of rotatable bonds is 2. The summed E-state index contributed by atoms with van der Waals surface area (Å²) >= 11 is 0. The molecule has 0 aliphatic carbocycles. The number of hydrogen-bond donors (Lipinski definition) is 2. The molecule has 0 radical (unpaired) electrons. The fourth-order valence-electron chi connectivity index (χ4n) is 2.07. The molecule has 1 aliphatic heterocycles. The van der Waals surface area contributed by atoms with E-state index >= 15 is 0 Å². The van der Waals surface area contributed by atoms with Gasteiger partial charge >= 0.3 is 0 Å². The van der Waals surface area contributed by atoms with E-state index in [2.05, 4.69) is 10.4 Å². The summed E-state index contributed by atoms with van der Waals surface area (Å²) in [6, 6.07) is 11.4. The highest BCUT2D eigenvalue weighted by atomic mass is 35.5. The highest BCUT2D eigenvalue weighted by molar-refractivity contribution is 5.85. The van der Waals surface area contributed by atoms with Crippen LogP contribution in [0.15, 0.2) is 42.6 Å². The van der Waals surface area contributed by atoms with Gasteiger partial charge in [-0.15, -0.1) is 12.4 Å². The molecule has 18 heavy (non-hydrogen) atoms. The first-order valence-corrected chi connectivity index (χ1v) is 5.55. The summed E-state index contributed by atoms with van der Waals surface area (Å²) in [6.07, 6.45) is 1.75. The van der Waals surface area contributed by atoms with Gasteiger partial charge in [-0.3, -0.25) is 0 Å². The largest absolute Gasteiger partial charge is 0.508 e. The molecule has 94 valence electrons. The molecule has 2 N–H and O–H groups in total. The zero-order valence-corrected chi connectivity index (χ0v) is 10.5. The predicted molar refractivity (Wildman–Crippen MR) is 72.5 cm³/mol. The average Bonchev–Trinajstić information content (AvgIpc) is 2.74. The van der Waals surface area contributed by atoms with Gasteiger partial charge in [0.15, 0.2) is 0 Å². The number of nitrogens with zero attached hydrogens (tertiary/aromatic N) is 2. The zero-order chi connectivity index (χ0) is 11.7. The summed E-state index contributed by atoms with van der Waals surface area (Å²) in [5.74, 6) is 1.19. The lowest BCUT2D eigenvalue weighted by Gasteiger charge is -2.16. The van der Waals surface area contributed by atoms with Crippen molar-refractivity contribution >= 4 is 18.2 Å². The summed E-state index contributed by atoms with van der Waals surface area (Å²) < 4.78 is 0. The highest BCUT2D eigenvalue weighted by Gasteiger charge is 2.21. The average molecular weight is 264 g/mol. The molecule has 0 bridgehead atoms. The molecular weight excluding hydrogens is 250 g/mol. The second-order valence-corrected chi connectivity index (χ2v) is 4.10. The fourth-order valence-corrected chi connectivity index (χ4v) is 2.07. The number of phenols is 1. The maximum atomic E-state index is 9.75. The summed E-state index contributed by atoms with van der Waals surface area (Å²) in [4.78, 5) is 4.21. The molecule has 1 aromatic carbocycles. The number of anilines is 1. The van der Waals surface area contributed by atoms with Gasteiger partial charge in [0.05, 0.1) is 0 Å². The summed E-state index contributed by atoms with van der Waals surface area (Å²) in [7, 11) is 0. The van der Waals surface area contributed by atoms with Gasteiger partial charge in [-0.25, -0.2) is 9.99 Å². The van der Waals surface area contributed by atoms with Crippen LogP contribution in [0, 0.1) is 0 Å². The maximum absolute atomic E-state index is 9.75. The third-order valence-corrected chi connectivity index (χ3v) is 2.90. The quantitative estimate of drug-likeness (QED) is 0.874. The van der Waals surface area contributed by atoms with Crippen LogP contribution in [0.25, 0.3) is 0 Å². The van der Waals surface area contributed by atoms with Crippen molar-refractivity contribution < 1.29 is 5.11 Å². The van der Waals surface area contributed by atoms with Crippen molar-refractivity contribution in [1.29, 1.82) is 0 Å². The highest BCUT2D eigenvalue weighted by Crippen LogP contribution is 2.29. The fraction of sp³-hybridized carbons (Fsp3) is 0.154. The first-order chi connectivity index (χ1) is 8.33. The molecule has 4 nitrogen and oxygen atoms in total. The second-order valence-electron chi connectivity index (χ2n) is 4.10. The van der Waals surface area contributed by atoms with E-state index in [1.807, 2.05) is 35.3 Å². The van der Waals surface area contributed by atoms with E-state index in [4.69, 9.17) is 0 Å². The Labute approximate surface area is 112 Å². The minimum Gasteiger partial charge on any atom is -0.508 e. The predicted octanol–water partition coefficient (Wildman–Crippen LogP) is 2.55. The summed E-state index contributed by atoms with van der Waals surface area (Å²) in [6.45, 7) is 1.47. The van der Waals surface area contributed by atoms with E-state index in [1.54, 1.807) is 12.3 Å². The third-order valence-electron chi connectivity index (χ3n) is 2.90. The Bertz CT molecular complexity index is 533. The SMILES string of the molecule is Cl.Oc1cccc2c1CN(Nc1ccccn1)C2. The van der Waals surface area contributed by atoms with Gasteiger partial charge in [-0.2, -0.15) is 0 Å². The first kappa shape index (κ1) is 12.7. The van der Waals surface area contributed by atoms with E-state index in [9.17, 15) is 5.11 Å². The normalized spacial score (nSPS) is 13.8. The van der Waals surface area contributed by atoms with Crippen molar-refractivity contribution in [2.45, 2.75) is 13.1 Å². The van der Waals surface area contributed by atoms with Crippen LogP contribution in [0.2, 0.25) is 0 Å². The van der Waals surface area contributed by atoms with Crippen molar-refractivity contribution in [3.05, 3.63) is 53.7 Å². The topological polar surface area (TPSA) is 48.4 Å². The van der Waals surface area contributed by atoms with Gasteiger partial charge in [-0.1, -0.05) is 18.2 Å². The molecule has 3 rings (SSSR count). The Morgan fingerprint density at radius 3 is 2.72 bits per heavy atom. The van der Waals surface area contributed by atoms with Crippen LogP contribution in [0.4, 0.5) is 5.82 Å². The number of hydrogen-bond acceptors (Lipinski definition) is 4. The van der Waals surface area contributed by atoms with Crippen LogP contribution in [0.3, 0.4) is 0 Å². The van der Waals surface area contributed by atoms with Crippen molar-refractivity contribution in [2.24, 2.45) is 0 Å². The van der Waals surface area contributed by atoms with Crippen molar-refractivity contribution in [3.8, 4) is 5.75 Å². The van der Waals surface area contributed by atoms with E-state index in [0.29, 0.717) is 12.3 Å². The molecule has 0 atom stereocenters. The minimum absolute atomic E-state index is 0. The molecule has 0 spiro atoms. The Hall–Kier alpha value is -1.78. The molecule has 0 fully saturated rings. The van der Waals surface area contributed by atoms with Gasteiger partial charge in [0.25, 0.3) is 0 Å². The van der Waals surface area contributed by atoms with Crippen molar-refractivity contribution in [1.82, 2.24) is 9.99 Å². The van der Waals surface area contributed by atoms with Crippen LogP contribution in [-0.2, 0) is 13.1 Å². The lowest BCUT2D eigenvalue weighted by Crippen LogP contribution is -2.24. The molecule has 0 unspecified atom stereocenters. The smallest absolute Gasteiger partial charge is 0.140 e. The standard InChI is InChI=1S/C13H13N3O.ClH/c17-12-5-3-4-10-8-16(9-11(10)12)15-13-6-1-2-7-14-13;/h1-7,17H,8-9H2,(H,14,15);1H. The van der Waals surface area contributed by atoms with Gasteiger partial charge in [0.2, 0.25) is 0 Å². The number of aromatic hydroxyl groups is 1. The lowest BCUT2D eigenvalue weighted by molar-refractivity contribution is 0.341. The molecule has 0 amide bonds. The number of hydrazine groups is 1. The molecule has 2 aromatic rings. The molecule has 1 aromatic heterocycles. The van der Waals surface area contributed by atoms with E-state index in [-0.39, 0.29) is 12.4 Å². The van der Waals surface area contributed by atoms with E-state index in [1.165, 1.54) is 0 Å². The number of fused-ring (bicyclic) bond motifs is 1. The maximum Gasteiger partial charge on any atom is 0.140 e. The molecule has 5 heteroatoms. The lowest BCUT2D eigenvalue weighted by atomic mass is 10.1. The van der Waals surface area contributed by atoms with Crippen LogP contribution in [-0.4, -0.2) is 15.1 Å². The van der Waals surface area contributed by atoms with E-state index < -0.39 is 0 Å². The van der Waals surface area contributed by atoms with Gasteiger partial charge in [-0.05, 0) is 23.8 Å².